The van der Waals surface area contributed by atoms with E-state index in [0.717, 1.165) is 16.9 Å². The average Bonchev–Trinajstić information content (AvgIpc) is 3.40. The minimum absolute atomic E-state index is 0.205. The van der Waals surface area contributed by atoms with Gasteiger partial charge in [0.15, 0.2) is 0 Å². The van der Waals surface area contributed by atoms with Crippen LogP contribution in [-0.2, 0) is 20.9 Å². The summed E-state index contributed by atoms with van der Waals surface area (Å²) in [7, 11) is 1.57. The summed E-state index contributed by atoms with van der Waals surface area (Å²) in [5.74, 6) is -1.56. The van der Waals surface area contributed by atoms with Crippen LogP contribution in [0.25, 0.3) is 0 Å². The zero-order valence-electron chi connectivity index (χ0n) is 20.8. The molecule has 1 fully saturated rings. The largest absolute Gasteiger partial charge is 0.497 e. The SMILES string of the molecule is COc1ccc(C2c3sc(=O)n(CC(=O)Nc4ccccc4)c3SC3C(=O)N(c4ccccc4)C(=O)C32)cc1. The van der Waals surface area contributed by atoms with E-state index < -0.39 is 17.1 Å². The monoisotopic (exact) mass is 557 g/mol. The number of thiazole rings is 1. The Morgan fingerprint density at radius 2 is 1.56 bits per heavy atom. The standard InChI is InChI=1S/C29H23N3O5S2/c1-37-20-14-12-17(13-15-20)22-23-24(27(35)32(26(23)34)19-10-6-3-7-11-19)38-28-25(22)39-29(36)31(28)16-21(33)30-18-8-4-2-5-9-18/h2-15,22-24H,16H2,1H3,(H,30,33). The first kappa shape index (κ1) is 25.1. The predicted molar refractivity (Wildman–Crippen MR) is 151 cm³/mol. The van der Waals surface area contributed by atoms with E-state index in [2.05, 4.69) is 5.32 Å². The molecule has 8 nitrogen and oxygen atoms in total. The lowest BCUT2D eigenvalue weighted by Gasteiger charge is -2.30. The molecule has 196 valence electrons. The van der Waals surface area contributed by atoms with E-state index in [0.29, 0.717) is 27.0 Å². The second-order valence-electron chi connectivity index (χ2n) is 9.20. The molecule has 0 radical (unpaired) electrons. The van der Waals surface area contributed by atoms with Gasteiger partial charge < -0.3 is 10.1 Å². The number of fused-ring (bicyclic) bond motifs is 2. The fourth-order valence-electron chi connectivity index (χ4n) is 5.12. The number of hydrogen-bond acceptors (Lipinski definition) is 7. The van der Waals surface area contributed by atoms with Crippen molar-refractivity contribution in [3.05, 3.63) is 105 Å². The Kier molecular flexibility index (Phi) is 6.58. The van der Waals surface area contributed by atoms with Crippen LogP contribution in [0.2, 0.25) is 0 Å². The summed E-state index contributed by atoms with van der Waals surface area (Å²) in [6.07, 6.45) is 0. The van der Waals surface area contributed by atoms with Crippen LogP contribution in [0.4, 0.5) is 11.4 Å². The summed E-state index contributed by atoms with van der Waals surface area (Å²) in [5.41, 5.74) is 1.93. The number of methoxy groups -OCH3 is 1. The number of ether oxygens (including phenoxy) is 1. The fraction of sp³-hybridized carbons (Fsp3) is 0.172. The summed E-state index contributed by atoms with van der Waals surface area (Å²) < 4.78 is 6.73. The summed E-state index contributed by atoms with van der Waals surface area (Å²) in [6, 6.07) is 25.2. The predicted octanol–water partition coefficient (Wildman–Crippen LogP) is 4.35. The fourth-order valence-corrected chi connectivity index (χ4v) is 7.90. The number of rotatable bonds is 6. The molecule has 3 unspecified atom stereocenters. The number of hydrogen-bond donors (Lipinski definition) is 1. The first-order chi connectivity index (χ1) is 19.0. The van der Waals surface area contributed by atoms with E-state index in [1.807, 2.05) is 36.4 Å². The molecule has 3 aromatic carbocycles. The number of carbonyl (C=O) groups excluding carboxylic acids is 3. The average molecular weight is 558 g/mol. The highest BCUT2D eigenvalue weighted by molar-refractivity contribution is 8.00. The molecule has 4 aromatic rings. The van der Waals surface area contributed by atoms with E-state index in [4.69, 9.17) is 4.74 Å². The number of anilines is 2. The van der Waals surface area contributed by atoms with Gasteiger partial charge in [-0.15, -0.1) is 0 Å². The van der Waals surface area contributed by atoms with Crippen molar-refractivity contribution in [1.29, 1.82) is 0 Å². The number of aromatic nitrogens is 1. The van der Waals surface area contributed by atoms with Crippen LogP contribution in [0.5, 0.6) is 5.75 Å². The van der Waals surface area contributed by atoms with Gasteiger partial charge in [-0.2, -0.15) is 0 Å². The first-order valence-corrected chi connectivity index (χ1v) is 14.0. The number of para-hydroxylation sites is 2. The summed E-state index contributed by atoms with van der Waals surface area (Å²) in [5, 5.41) is 2.62. The highest BCUT2D eigenvalue weighted by atomic mass is 32.2. The van der Waals surface area contributed by atoms with Gasteiger partial charge in [0.05, 0.1) is 23.7 Å². The third-order valence-electron chi connectivity index (χ3n) is 6.90. The lowest BCUT2D eigenvalue weighted by atomic mass is 9.83. The molecule has 1 saturated heterocycles. The molecule has 3 heterocycles. The lowest BCUT2D eigenvalue weighted by molar-refractivity contribution is -0.122. The smallest absolute Gasteiger partial charge is 0.308 e. The highest BCUT2D eigenvalue weighted by Crippen LogP contribution is 2.53. The maximum Gasteiger partial charge on any atom is 0.308 e. The molecule has 0 bridgehead atoms. The van der Waals surface area contributed by atoms with Crippen LogP contribution < -0.4 is 19.8 Å². The van der Waals surface area contributed by atoms with Crippen molar-refractivity contribution < 1.29 is 19.1 Å². The Labute approximate surface area is 232 Å². The Morgan fingerprint density at radius 3 is 2.23 bits per heavy atom. The van der Waals surface area contributed by atoms with Crippen LogP contribution in [0, 0.1) is 5.92 Å². The Bertz CT molecular complexity index is 1620. The number of nitrogens with zero attached hydrogens (tertiary/aromatic N) is 2. The molecule has 3 amide bonds. The van der Waals surface area contributed by atoms with Crippen LogP contribution in [-0.4, -0.2) is 34.6 Å². The number of imide groups is 1. The second kappa shape index (κ2) is 10.2. The van der Waals surface area contributed by atoms with Crippen molar-refractivity contribution in [2.45, 2.75) is 22.7 Å². The van der Waals surface area contributed by atoms with Crippen LogP contribution in [0.15, 0.2) is 94.7 Å². The maximum absolute atomic E-state index is 13.9. The lowest BCUT2D eigenvalue weighted by Crippen LogP contribution is -2.33. The Hall–Kier alpha value is -4.15. The number of carbonyl (C=O) groups is 3. The van der Waals surface area contributed by atoms with Crippen molar-refractivity contribution in [2.24, 2.45) is 5.92 Å². The Balaban J connectivity index is 1.42. The summed E-state index contributed by atoms with van der Waals surface area (Å²) in [4.78, 5) is 55.3. The van der Waals surface area contributed by atoms with Gasteiger partial charge in [0, 0.05) is 16.5 Å². The van der Waals surface area contributed by atoms with Gasteiger partial charge in [-0.05, 0) is 42.0 Å². The van der Waals surface area contributed by atoms with E-state index in [-0.39, 0.29) is 29.1 Å². The summed E-state index contributed by atoms with van der Waals surface area (Å²) in [6.45, 7) is -0.205. The van der Waals surface area contributed by atoms with Gasteiger partial charge in [-0.3, -0.25) is 23.7 Å². The molecule has 0 aliphatic carbocycles. The van der Waals surface area contributed by atoms with E-state index in [9.17, 15) is 19.2 Å². The zero-order chi connectivity index (χ0) is 27.1. The van der Waals surface area contributed by atoms with Gasteiger partial charge in [0.1, 0.15) is 17.5 Å². The number of benzene rings is 3. The molecule has 0 saturated carbocycles. The molecule has 1 aromatic heterocycles. The molecular formula is C29H23N3O5S2. The minimum atomic E-state index is -0.741. The number of nitrogens with one attached hydrogen (secondary N) is 1. The van der Waals surface area contributed by atoms with Gasteiger partial charge in [-0.25, -0.2) is 4.90 Å². The number of amides is 3. The van der Waals surface area contributed by atoms with Crippen LogP contribution >= 0.6 is 23.1 Å². The third-order valence-corrected chi connectivity index (χ3v) is 9.50. The van der Waals surface area contributed by atoms with E-state index in [1.54, 1.807) is 55.6 Å². The van der Waals surface area contributed by atoms with E-state index >= 15 is 0 Å². The Morgan fingerprint density at radius 1 is 0.897 bits per heavy atom. The molecule has 1 N–H and O–H groups in total. The number of thioether (sulfide) groups is 1. The quantitative estimate of drug-likeness (QED) is 0.354. The molecular weight excluding hydrogens is 534 g/mol. The normalized spacial score (nSPS) is 19.9. The van der Waals surface area contributed by atoms with Gasteiger partial charge in [0.25, 0.3) is 0 Å². The molecule has 2 aliphatic heterocycles. The maximum atomic E-state index is 13.9. The molecule has 39 heavy (non-hydrogen) atoms. The van der Waals surface area contributed by atoms with Crippen molar-refractivity contribution in [3.63, 3.8) is 0 Å². The highest BCUT2D eigenvalue weighted by Gasteiger charge is 2.56. The van der Waals surface area contributed by atoms with Gasteiger partial charge in [-0.1, -0.05) is 71.6 Å². The topological polar surface area (TPSA) is 97.7 Å². The second-order valence-corrected chi connectivity index (χ2v) is 11.3. The minimum Gasteiger partial charge on any atom is -0.497 e. The molecule has 3 atom stereocenters. The molecule has 10 heteroatoms. The van der Waals surface area contributed by atoms with Crippen molar-refractivity contribution in [2.75, 3.05) is 17.3 Å². The first-order valence-electron chi connectivity index (χ1n) is 12.3. The van der Waals surface area contributed by atoms with Crippen molar-refractivity contribution in [1.82, 2.24) is 4.57 Å². The third kappa shape index (κ3) is 4.45. The van der Waals surface area contributed by atoms with E-state index in [1.165, 1.54) is 21.2 Å². The zero-order valence-corrected chi connectivity index (χ0v) is 22.4. The van der Waals surface area contributed by atoms with Gasteiger partial charge >= 0.3 is 4.87 Å². The van der Waals surface area contributed by atoms with Gasteiger partial charge in [0.2, 0.25) is 17.7 Å². The molecule has 6 rings (SSSR count). The van der Waals surface area contributed by atoms with Crippen LogP contribution in [0.1, 0.15) is 16.4 Å². The molecule has 2 aliphatic rings. The summed E-state index contributed by atoms with van der Waals surface area (Å²) >= 11 is 2.22. The molecule has 0 spiro atoms. The van der Waals surface area contributed by atoms with Crippen molar-refractivity contribution in [3.8, 4) is 5.75 Å². The van der Waals surface area contributed by atoms with Crippen molar-refractivity contribution >= 4 is 52.2 Å². The van der Waals surface area contributed by atoms with Crippen LogP contribution in [0.3, 0.4) is 0 Å².